The summed E-state index contributed by atoms with van der Waals surface area (Å²) in [7, 11) is 7.87. The number of carboxylic acid groups (broad SMARTS) is 1. The highest BCUT2D eigenvalue weighted by Gasteiger charge is 1.97. The topological polar surface area (TPSA) is 66.4 Å². The maximum absolute atomic E-state index is 10.2. The number of aliphatic carboxylic acids is 1. The van der Waals surface area contributed by atoms with Crippen molar-refractivity contribution in [1.29, 1.82) is 0 Å². The molecule has 0 unspecified atom stereocenters. The molecule has 0 aromatic carbocycles. The Morgan fingerprint density at radius 3 is 1.37 bits per heavy atom. The largest absolute Gasteiger partial charge is 0.545 e. The smallest absolute Gasteiger partial charge is 0.332 e. The van der Waals surface area contributed by atoms with Crippen LogP contribution in [0.5, 0.6) is 0 Å². The molecule has 0 fully saturated rings. The van der Waals surface area contributed by atoms with E-state index in [0.29, 0.717) is 5.57 Å². The van der Waals surface area contributed by atoms with Crippen molar-refractivity contribution in [3.05, 3.63) is 24.3 Å². The summed E-state index contributed by atoms with van der Waals surface area (Å²) in [6.45, 7) is 12.8. The minimum absolute atomic E-state index is 0.0648. The molecule has 0 aliphatic heterocycles. The molecule has 0 saturated carbocycles. The lowest BCUT2D eigenvalue weighted by Gasteiger charge is -2.20. The van der Waals surface area contributed by atoms with Gasteiger partial charge in [0.25, 0.3) is 0 Å². The molecular weight excluding hydrogens is 246 g/mol. The lowest BCUT2D eigenvalue weighted by Crippen LogP contribution is -2.33. The molecular formula is C14H27NO4. The Morgan fingerprint density at radius 1 is 1.11 bits per heavy atom. The molecule has 0 aliphatic rings. The van der Waals surface area contributed by atoms with Crippen molar-refractivity contribution in [3.63, 3.8) is 0 Å². The van der Waals surface area contributed by atoms with Crippen LogP contribution >= 0.6 is 0 Å². The molecule has 0 rings (SSSR count). The Morgan fingerprint density at radius 2 is 1.37 bits per heavy atom. The molecule has 0 N–H and O–H groups in total. The fourth-order valence-corrected chi connectivity index (χ4v) is 0.174. The Bertz CT molecular complexity index is 302. The van der Waals surface area contributed by atoms with Gasteiger partial charge in [-0.2, -0.15) is 0 Å². The second-order valence-electron chi connectivity index (χ2n) is 4.95. The first-order valence-corrected chi connectivity index (χ1v) is 5.80. The van der Waals surface area contributed by atoms with Crippen LogP contribution in [0.2, 0.25) is 0 Å². The number of hydrogen-bond donors (Lipinski definition) is 0. The highest BCUT2D eigenvalue weighted by Crippen LogP contribution is 1.87. The van der Waals surface area contributed by atoms with E-state index in [1.807, 2.05) is 0 Å². The monoisotopic (exact) mass is 273 g/mol. The van der Waals surface area contributed by atoms with E-state index in [4.69, 9.17) is 0 Å². The van der Waals surface area contributed by atoms with Crippen LogP contribution in [0.3, 0.4) is 0 Å². The van der Waals surface area contributed by atoms with Crippen LogP contribution in [-0.2, 0) is 14.3 Å². The van der Waals surface area contributed by atoms with Crippen LogP contribution < -0.4 is 5.11 Å². The molecule has 0 radical (unpaired) electrons. The van der Waals surface area contributed by atoms with Gasteiger partial charge in [0.15, 0.2) is 0 Å². The lowest BCUT2D eigenvalue weighted by molar-refractivity contribution is -0.868. The van der Waals surface area contributed by atoms with Gasteiger partial charge in [0.1, 0.15) is 0 Å². The zero-order valence-corrected chi connectivity index (χ0v) is 13.2. The minimum atomic E-state index is -1.19. The number of quaternary nitrogens is 1. The second-order valence-corrected chi connectivity index (χ2v) is 4.95. The molecule has 0 aliphatic carbocycles. The maximum Gasteiger partial charge on any atom is 0.332 e. The average molecular weight is 273 g/mol. The maximum atomic E-state index is 10.2. The molecule has 5 nitrogen and oxygen atoms in total. The van der Waals surface area contributed by atoms with E-state index in [1.165, 1.54) is 20.6 Å². The molecule has 0 aromatic heterocycles. The highest BCUT2D eigenvalue weighted by molar-refractivity contribution is 5.86. The number of nitrogens with zero attached hydrogens (tertiary/aromatic N) is 1. The Hall–Kier alpha value is -1.62. The van der Waals surface area contributed by atoms with Crippen LogP contribution in [0.4, 0.5) is 0 Å². The fourth-order valence-electron chi connectivity index (χ4n) is 0.174. The molecule has 0 atom stereocenters. The van der Waals surface area contributed by atoms with Gasteiger partial charge in [-0.3, -0.25) is 0 Å². The number of carboxylic acids is 1. The third-order valence-electron chi connectivity index (χ3n) is 1.83. The number of methoxy groups -OCH3 is 1. The lowest BCUT2D eigenvalue weighted by atomic mass is 10.4. The summed E-state index contributed by atoms with van der Waals surface area (Å²) in [5.41, 5.74) is 0.498. The van der Waals surface area contributed by atoms with Crippen molar-refractivity contribution in [2.75, 3.05) is 34.8 Å². The molecule has 0 spiro atoms. The quantitative estimate of drug-likeness (QED) is 0.432. The summed E-state index contributed by atoms with van der Waals surface area (Å²) in [5.74, 6) is -1.53. The van der Waals surface area contributed by atoms with Crippen molar-refractivity contribution in [2.24, 2.45) is 0 Å². The van der Waals surface area contributed by atoms with E-state index in [-0.39, 0.29) is 11.5 Å². The Balaban J connectivity index is -0.000000203. The number of carbonyl (C=O) groups is 2. The normalized spacial score (nSPS) is 9.00. The van der Waals surface area contributed by atoms with E-state index in [0.717, 1.165) is 4.48 Å². The van der Waals surface area contributed by atoms with Gasteiger partial charge < -0.3 is 19.1 Å². The number of rotatable bonds is 3. The highest BCUT2D eigenvalue weighted by atomic mass is 16.5. The van der Waals surface area contributed by atoms with Crippen LogP contribution in [0, 0.1) is 0 Å². The summed E-state index contributed by atoms with van der Waals surface area (Å²) < 4.78 is 5.34. The summed E-state index contributed by atoms with van der Waals surface area (Å²) >= 11 is 0. The first kappa shape index (κ1) is 22.6. The van der Waals surface area contributed by atoms with Crippen molar-refractivity contribution >= 4 is 11.9 Å². The molecule has 0 saturated heterocycles. The summed E-state index contributed by atoms with van der Waals surface area (Å²) in [6, 6.07) is 0. The van der Waals surface area contributed by atoms with E-state index in [9.17, 15) is 14.7 Å². The first-order valence-electron chi connectivity index (χ1n) is 5.80. The number of ether oxygens (including phenoxy) is 1. The Kier molecular flexibility index (Phi) is 13.6. The van der Waals surface area contributed by atoms with Crippen molar-refractivity contribution in [3.8, 4) is 0 Å². The fraction of sp³-hybridized carbons (Fsp3) is 0.571. The molecule has 19 heavy (non-hydrogen) atoms. The first-order chi connectivity index (χ1) is 8.38. The number of hydrogen-bond acceptors (Lipinski definition) is 4. The summed E-state index contributed by atoms with van der Waals surface area (Å²) in [6.07, 6.45) is 0. The molecule has 112 valence electrons. The number of esters is 1. The molecule has 0 bridgehead atoms. The van der Waals surface area contributed by atoms with Gasteiger partial charge in [-0.05, 0) is 26.3 Å². The van der Waals surface area contributed by atoms with Gasteiger partial charge in [-0.15, -0.1) is 0 Å². The van der Waals surface area contributed by atoms with E-state index >= 15 is 0 Å². The van der Waals surface area contributed by atoms with Gasteiger partial charge >= 0.3 is 5.97 Å². The minimum Gasteiger partial charge on any atom is -0.545 e. The Labute approximate surface area is 116 Å². The third-order valence-corrected chi connectivity index (χ3v) is 1.83. The van der Waals surface area contributed by atoms with Crippen molar-refractivity contribution in [2.45, 2.75) is 20.8 Å². The predicted molar refractivity (Wildman–Crippen MR) is 75.2 cm³/mol. The SMILES string of the molecule is C=C(C)C(=O)OC.C=C(C)C(=O)[O-].CC[N+](C)(C)C. The second kappa shape index (κ2) is 11.5. The van der Waals surface area contributed by atoms with Crippen LogP contribution in [0.25, 0.3) is 0 Å². The molecule has 0 amide bonds. The predicted octanol–water partition coefficient (Wildman–Crippen LogP) is 0.760. The molecule has 0 aromatic rings. The molecule has 0 heterocycles. The molecule has 5 heteroatoms. The van der Waals surface area contributed by atoms with Crippen LogP contribution in [0.15, 0.2) is 24.3 Å². The standard InChI is InChI=1S/C5H14N.C5H8O2.C4H6O2/c1-5-6(2,3)4;1-4(2)5(6)7-3;1-3(2)4(5)6/h5H2,1-4H3;1H2,2-3H3;1H2,2H3,(H,5,6)/q+1;;/p-1. The van der Waals surface area contributed by atoms with Crippen molar-refractivity contribution < 1.29 is 23.9 Å². The van der Waals surface area contributed by atoms with E-state index < -0.39 is 5.97 Å². The van der Waals surface area contributed by atoms with Gasteiger partial charge in [0.2, 0.25) is 0 Å². The summed E-state index contributed by atoms with van der Waals surface area (Å²) in [4.78, 5) is 19.7. The van der Waals surface area contributed by atoms with Crippen LogP contribution in [0.1, 0.15) is 20.8 Å². The number of carbonyl (C=O) groups excluding carboxylic acids is 2. The zero-order valence-electron chi connectivity index (χ0n) is 13.2. The van der Waals surface area contributed by atoms with Gasteiger partial charge in [-0.1, -0.05) is 13.2 Å². The van der Waals surface area contributed by atoms with Gasteiger partial charge in [-0.25, -0.2) is 4.79 Å². The van der Waals surface area contributed by atoms with Gasteiger partial charge in [0.05, 0.1) is 40.8 Å². The van der Waals surface area contributed by atoms with E-state index in [1.54, 1.807) is 6.92 Å². The third kappa shape index (κ3) is 26.2. The van der Waals surface area contributed by atoms with E-state index in [2.05, 4.69) is 46.0 Å². The zero-order chi connectivity index (χ0) is 16.2. The average Bonchev–Trinajstić information content (AvgIpc) is 2.28. The van der Waals surface area contributed by atoms with Gasteiger partial charge in [0, 0.05) is 5.57 Å². The van der Waals surface area contributed by atoms with Crippen LogP contribution in [-0.4, -0.2) is 51.2 Å². The van der Waals surface area contributed by atoms with Crippen molar-refractivity contribution in [1.82, 2.24) is 0 Å². The summed E-state index contributed by atoms with van der Waals surface area (Å²) in [5, 5.41) is 9.49.